The lowest BCUT2D eigenvalue weighted by Crippen LogP contribution is -2.47. The second-order valence-electron chi connectivity index (χ2n) is 3.73. The largest absolute Gasteiger partial charge is 0.393 e. The molecule has 0 aliphatic heterocycles. The lowest BCUT2D eigenvalue weighted by molar-refractivity contribution is -0.151. The maximum atomic E-state index is 12.0. The first-order chi connectivity index (χ1) is 6.87. The SMILES string of the molecule is CCC(C)(OC)C(=O)N(C)CCC(N)=S. The highest BCUT2D eigenvalue weighted by Crippen LogP contribution is 2.16. The molecule has 0 spiro atoms. The van der Waals surface area contributed by atoms with Crippen molar-refractivity contribution in [1.29, 1.82) is 0 Å². The minimum absolute atomic E-state index is 0.0382. The van der Waals surface area contributed by atoms with Gasteiger partial charge in [-0.15, -0.1) is 0 Å². The zero-order valence-electron chi connectivity index (χ0n) is 9.87. The number of nitrogens with zero attached hydrogens (tertiary/aromatic N) is 1. The van der Waals surface area contributed by atoms with Crippen LogP contribution in [0.5, 0.6) is 0 Å². The second kappa shape index (κ2) is 6.02. The monoisotopic (exact) mass is 232 g/mol. The second-order valence-corrected chi connectivity index (χ2v) is 4.26. The molecular formula is C10H20N2O2S. The quantitative estimate of drug-likeness (QED) is 0.692. The van der Waals surface area contributed by atoms with E-state index in [2.05, 4.69) is 0 Å². The smallest absolute Gasteiger partial charge is 0.254 e. The predicted octanol–water partition coefficient (Wildman–Crippen LogP) is 0.936. The molecule has 0 aliphatic rings. The molecule has 2 N–H and O–H groups in total. The standard InChI is InChI=1S/C10H20N2O2S/c1-5-10(2,14-4)9(13)12(3)7-6-8(11)15/h5-7H2,1-4H3,(H2,11,15). The van der Waals surface area contributed by atoms with Crippen molar-refractivity contribution in [1.82, 2.24) is 4.90 Å². The van der Waals surface area contributed by atoms with Crippen LogP contribution in [0.2, 0.25) is 0 Å². The summed E-state index contributed by atoms with van der Waals surface area (Å²) in [6.07, 6.45) is 1.18. The van der Waals surface area contributed by atoms with Crippen LogP contribution < -0.4 is 5.73 Å². The summed E-state index contributed by atoms with van der Waals surface area (Å²) in [5, 5.41) is 0. The Morgan fingerprint density at radius 2 is 2.13 bits per heavy atom. The fraction of sp³-hybridized carbons (Fsp3) is 0.800. The highest BCUT2D eigenvalue weighted by Gasteiger charge is 2.33. The topological polar surface area (TPSA) is 55.6 Å². The Morgan fingerprint density at radius 1 is 1.60 bits per heavy atom. The summed E-state index contributed by atoms with van der Waals surface area (Å²) in [6, 6.07) is 0. The third-order valence-corrected chi connectivity index (χ3v) is 2.82. The maximum absolute atomic E-state index is 12.0. The van der Waals surface area contributed by atoms with Crippen molar-refractivity contribution < 1.29 is 9.53 Å². The van der Waals surface area contributed by atoms with Crippen LogP contribution in [0.25, 0.3) is 0 Å². The van der Waals surface area contributed by atoms with Crippen LogP contribution in [0.3, 0.4) is 0 Å². The Labute approximate surface area is 96.8 Å². The Bertz CT molecular complexity index is 240. The van der Waals surface area contributed by atoms with Crippen LogP contribution in [0.1, 0.15) is 26.7 Å². The van der Waals surface area contributed by atoms with E-state index in [0.29, 0.717) is 24.4 Å². The number of hydrogen-bond donors (Lipinski definition) is 1. The third kappa shape index (κ3) is 4.13. The number of carbonyl (C=O) groups is 1. The van der Waals surface area contributed by atoms with E-state index in [1.807, 2.05) is 6.92 Å². The molecule has 1 amide bonds. The molecule has 0 saturated heterocycles. The van der Waals surface area contributed by atoms with E-state index >= 15 is 0 Å². The lowest BCUT2D eigenvalue weighted by Gasteiger charge is -2.30. The van der Waals surface area contributed by atoms with Gasteiger partial charge in [-0.3, -0.25) is 4.79 Å². The van der Waals surface area contributed by atoms with Crippen LogP contribution in [-0.4, -0.2) is 42.1 Å². The van der Waals surface area contributed by atoms with Gasteiger partial charge in [0.1, 0.15) is 5.60 Å². The molecule has 0 bridgehead atoms. The lowest BCUT2D eigenvalue weighted by atomic mass is 10.0. The first kappa shape index (κ1) is 14.3. The number of amides is 1. The number of likely N-dealkylation sites (N-methyl/N-ethyl adjacent to an activating group) is 1. The molecule has 15 heavy (non-hydrogen) atoms. The highest BCUT2D eigenvalue weighted by molar-refractivity contribution is 7.80. The zero-order valence-corrected chi connectivity index (χ0v) is 10.7. The van der Waals surface area contributed by atoms with Gasteiger partial charge in [0.25, 0.3) is 5.91 Å². The molecule has 0 aromatic carbocycles. The van der Waals surface area contributed by atoms with Crippen molar-refractivity contribution in [3.63, 3.8) is 0 Å². The minimum atomic E-state index is -0.745. The van der Waals surface area contributed by atoms with E-state index < -0.39 is 5.60 Å². The Morgan fingerprint density at radius 3 is 2.47 bits per heavy atom. The van der Waals surface area contributed by atoms with Crippen LogP contribution in [0, 0.1) is 0 Å². The van der Waals surface area contributed by atoms with Gasteiger partial charge in [0.2, 0.25) is 0 Å². The molecule has 1 unspecified atom stereocenters. The summed E-state index contributed by atoms with van der Waals surface area (Å²) in [5.74, 6) is -0.0382. The molecule has 0 radical (unpaired) electrons. The fourth-order valence-electron chi connectivity index (χ4n) is 1.17. The van der Waals surface area contributed by atoms with Crippen molar-refractivity contribution in [3.05, 3.63) is 0 Å². The van der Waals surface area contributed by atoms with Gasteiger partial charge in [0, 0.05) is 27.1 Å². The fourth-order valence-corrected chi connectivity index (χ4v) is 1.26. The number of thiocarbonyl (C=S) groups is 1. The molecule has 0 aromatic rings. The third-order valence-electron chi connectivity index (χ3n) is 2.62. The minimum Gasteiger partial charge on any atom is -0.393 e. The molecule has 0 saturated carbocycles. The predicted molar refractivity (Wildman–Crippen MR) is 64.7 cm³/mol. The van der Waals surface area contributed by atoms with Crippen molar-refractivity contribution in [3.8, 4) is 0 Å². The van der Waals surface area contributed by atoms with Gasteiger partial charge in [-0.25, -0.2) is 0 Å². The molecule has 0 aliphatic carbocycles. The van der Waals surface area contributed by atoms with E-state index in [1.54, 1.807) is 26.0 Å². The normalized spacial score (nSPS) is 14.4. The number of nitrogens with two attached hydrogens (primary N) is 1. The van der Waals surface area contributed by atoms with Crippen LogP contribution >= 0.6 is 12.2 Å². The van der Waals surface area contributed by atoms with E-state index in [-0.39, 0.29) is 5.91 Å². The number of methoxy groups -OCH3 is 1. The maximum Gasteiger partial charge on any atom is 0.254 e. The summed E-state index contributed by atoms with van der Waals surface area (Å²) < 4.78 is 5.22. The van der Waals surface area contributed by atoms with E-state index in [4.69, 9.17) is 22.7 Å². The van der Waals surface area contributed by atoms with Crippen LogP contribution in [0.4, 0.5) is 0 Å². The van der Waals surface area contributed by atoms with Crippen LogP contribution in [0.15, 0.2) is 0 Å². The highest BCUT2D eigenvalue weighted by atomic mass is 32.1. The molecule has 0 rings (SSSR count). The summed E-state index contributed by atoms with van der Waals surface area (Å²) in [4.78, 5) is 14.0. The molecule has 88 valence electrons. The Hall–Kier alpha value is -0.680. The Kier molecular flexibility index (Phi) is 5.75. The van der Waals surface area contributed by atoms with Gasteiger partial charge in [0.05, 0.1) is 4.99 Å². The molecule has 0 fully saturated rings. The van der Waals surface area contributed by atoms with Crippen molar-refractivity contribution >= 4 is 23.1 Å². The molecule has 1 atom stereocenters. The van der Waals surface area contributed by atoms with Crippen LogP contribution in [-0.2, 0) is 9.53 Å². The van der Waals surface area contributed by atoms with Gasteiger partial charge < -0.3 is 15.4 Å². The number of rotatable bonds is 6. The first-order valence-electron chi connectivity index (χ1n) is 4.96. The molecular weight excluding hydrogens is 212 g/mol. The average molecular weight is 232 g/mol. The van der Waals surface area contributed by atoms with E-state index in [1.165, 1.54) is 0 Å². The number of carbonyl (C=O) groups excluding carboxylic acids is 1. The zero-order chi connectivity index (χ0) is 12.1. The van der Waals surface area contributed by atoms with Gasteiger partial charge in [-0.1, -0.05) is 19.1 Å². The van der Waals surface area contributed by atoms with E-state index in [9.17, 15) is 4.79 Å². The van der Waals surface area contributed by atoms with Crippen molar-refractivity contribution in [2.24, 2.45) is 5.73 Å². The van der Waals surface area contributed by atoms with Crippen molar-refractivity contribution in [2.75, 3.05) is 20.7 Å². The molecule has 4 nitrogen and oxygen atoms in total. The Balaban J connectivity index is 4.36. The molecule has 0 aromatic heterocycles. The van der Waals surface area contributed by atoms with Gasteiger partial charge in [-0.05, 0) is 13.3 Å². The summed E-state index contributed by atoms with van der Waals surface area (Å²) >= 11 is 4.76. The van der Waals surface area contributed by atoms with E-state index in [0.717, 1.165) is 0 Å². The summed E-state index contributed by atoms with van der Waals surface area (Å²) in [5.41, 5.74) is 4.63. The van der Waals surface area contributed by atoms with Gasteiger partial charge in [-0.2, -0.15) is 0 Å². The van der Waals surface area contributed by atoms with Crippen molar-refractivity contribution in [2.45, 2.75) is 32.3 Å². The molecule has 5 heteroatoms. The number of ether oxygens (including phenoxy) is 1. The summed E-state index contributed by atoms with van der Waals surface area (Å²) in [6.45, 7) is 4.24. The van der Waals surface area contributed by atoms with Gasteiger partial charge in [0.15, 0.2) is 0 Å². The number of hydrogen-bond acceptors (Lipinski definition) is 3. The summed E-state index contributed by atoms with van der Waals surface area (Å²) in [7, 11) is 3.27. The van der Waals surface area contributed by atoms with Gasteiger partial charge >= 0.3 is 0 Å². The molecule has 0 heterocycles. The average Bonchev–Trinajstić information content (AvgIpc) is 2.23. The first-order valence-corrected chi connectivity index (χ1v) is 5.37.